The topological polar surface area (TPSA) is 29.3 Å². The van der Waals surface area contributed by atoms with Crippen LogP contribution in [0.3, 0.4) is 0 Å². The minimum Gasteiger partial charge on any atom is -0.329 e. The molecule has 92 valence electrons. The molecule has 3 fully saturated rings. The molecule has 1 aliphatic heterocycles. The van der Waals surface area contributed by atoms with E-state index in [9.17, 15) is 0 Å². The lowest BCUT2D eigenvalue weighted by Crippen LogP contribution is -2.67. The Labute approximate surface area is 99.6 Å². The second-order valence-corrected chi connectivity index (χ2v) is 6.55. The van der Waals surface area contributed by atoms with Crippen LogP contribution < -0.4 is 5.73 Å². The molecule has 0 radical (unpaired) electrons. The summed E-state index contributed by atoms with van der Waals surface area (Å²) in [6.07, 6.45) is 12.9. The lowest BCUT2D eigenvalue weighted by molar-refractivity contribution is -0.0915. The first-order valence-electron chi connectivity index (χ1n) is 7.24. The van der Waals surface area contributed by atoms with Gasteiger partial charge >= 0.3 is 0 Å². The van der Waals surface area contributed by atoms with Gasteiger partial charge in [-0.1, -0.05) is 32.1 Å². The van der Waals surface area contributed by atoms with Gasteiger partial charge < -0.3 is 5.73 Å². The Bertz CT molecular complexity index is 241. The van der Waals surface area contributed by atoms with E-state index in [1.54, 1.807) is 0 Å². The Morgan fingerprint density at radius 1 is 0.812 bits per heavy atom. The molecule has 1 heterocycles. The third-order valence-electron chi connectivity index (χ3n) is 5.55. The molecule has 2 nitrogen and oxygen atoms in total. The first-order valence-corrected chi connectivity index (χ1v) is 7.24. The van der Waals surface area contributed by atoms with Crippen molar-refractivity contribution in [2.45, 2.75) is 63.3 Å². The van der Waals surface area contributed by atoms with Crippen molar-refractivity contribution >= 4 is 0 Å². The SMILES string of the molecule is NCC1(N2CC3(CCCCC3)C2)CCCC1. The van der Waals surface area contributed by atoms with Crippen LogP contribution in [0.4, 0.5) is 0 Å². The summed E-state index contributed by atoms with van der Waals surface area (Å²) >= 11 is 0. The second kappa shape index (κ2) is 3.99. The lowest BCUT2D eigenvalue weighted by Gasteiger charge is -2.59. The first-order chi connectivity index (χ1) is 7.79. The summed E-state index contributed by atoms with van der Waals surface area (Å²) in [5.41, 5.74) is 7.20. The summed E-state index contributed by atoms with van der Waals surface area (Å²) in [5.74, 6) is 0. The Hall–Kier alpha value is -0.0800. The van der Waals surface area contributed by atoms with Crippen molar-refractivity contribution < 1.29 is 0 Å². The van der Waals surface area contributed by atoms with Gasteiger partial charge in [0.05, 0.1) is 0 Å². The average Bonchev–Trinajstić information content (AvgIpc) is 2.76. The quantitative estimate of drug-likeness (QED) is 0.778. The Morgan fingerprint density at radius 2 is 1.38 bits per heavy atom. The molecule has 2 N–H and O–H groups in total. The van der Waals surface area contributed by atoms with Gasteiger partial charge in [-0.15, -0.1) is 0 Å². The van der Waals surface area contributed by atoms with Crippen LogP contribution in [0.5, 0.6) is 0 Å². The highest BCUT2D eigenvalue weighted by molar-refractivity contribution is 5.06. The van der Waals surface area contributed by atoms with Crippen LogP contribution in [0, 0.1) is 5.41 Å². The third-order valence-corrected chi connectivity index (χ3v) is 5.55. The fourth-order valence-electron chi connectivity index (χ4n) is 4.40. The van der Waals surface area contributed by atoms with E-state index < -0.39 is 0 Å². The van der Waals surface area contributed by atoms with Crippen LogP contribution in [0.2, 0.25) is 0 Å². The van der Waals surface area contributed by atoms with Gasteiger partial charge in [-0.3, -0.25) is 4.90 Å². The zero-order chi connectivity index (χ0) is 11.1. The van der Waals surface area contributed by atoms with E-state index in [0.717, 1.165) is 12.0 Å². The van der Waals surface area contributed by atoms with E-state index in [4.69, 9.17) is 5.73 Å². The Balaban J connectivity index is 1.62. The maximum Gasteiger partial charge on any atom is 0.0332 e. The van der Waals surface area contributed by atoms with Gasteiger partial charge in [0.2, 0.25) is 0 Å². The van der Waals surface area contributed by atoms with Crippen LogP contribution >= 0.6 is 0 Å². The van der Waals surface area contributed by atoms with Gasteiger partial charge in [0.1, 0.15) is 0 Å². The molecule has 0 unspecified atom stereocenters. The van der Waals surface area contributed by atoms with Gasteiger partial charge in [0.25, 0.3) is 0 Å². The van der Waals surface area contributed by atoms with Crippen molar-refractivity contribution in [3.63, 3.8) is 0 Å². The number of nitrogens with zero attached hydrogens (tertiary/aromatic N) is 1. The summed E-state index contributed by atoms with van der Waals surface area (Å²) in [6, 6.07) is 0. The molecule has 0 aromatic heterocycles. The molecule has 0 bridgehead atoms. The van der Waals surface area contributed by atoms with Crippen molar-refractivity contribution in [2.75, 3.05) is 19.6 Å². The molecular formula is C14H26N2. The van der Waals surface area contributed by atoms with Crippen molar-refractivity contribution in [1.82, 2.24) is 4.90 Å². The van der Waals surface area contributed by atoms with Gasteiger partial charge in [-0.2, -0.15) is 0 Å². The minimum absolute atomic E-state index is 0.419. The molecule has 1 saturated heterocycles. The maximum absolute atomic E-state index is 6.06. The number of hydrogen-bond donors (Lipinski definition) is 1. The smallest absolute Gasteiger partial charge is 0.0332 e. The molecule has 2 aliphatic carbocycles. The number of nitrogens with two attached hydrogens (primary N) is 1. The highest BCUT2D eigenvalue weighted by Gasteiger charge is 2.51. The molecule has 1 spiro atoms. The van der Waals surface area contributed by atoms with E-state index >= 15 is 0 Å². The zero-order valence-corrected chi connectivity index (χ0v) is 10.5. The second-order valence-electron chi connectivity index (χ2n) is 6.55. The normalized spacial score (nSPS) is 32.8. The van der Waals surface area contributed by atoms with Crippen molar-refractivity contribution in [3.8, 4) is 0 Å². The summed E-state index contributed by atoms with van der Waals surface area (Å²) in [7, 11) is 0. The number of rotatable bonds is 2. The summed E-state index contributed by atoms with van der Waals surface area (Å²) in [4.78, 5) is 2.74. The lowest BCUT2D eigenvalue weighted by atomic mass is 9.66. The van der Waals surface area contributed by atoms with Crippen LogP contribution in [0.1, 0.15) is 57.8 Å². The standard InChI is InChI=1S/C14H26N2/c15-10-14(8-4-5-9-14)16-11-13(12-16)6-2-1-3-7-13/h1-12,15H2. The molecular weight excluding hydrogens is 196 g/mol. The molecule has 0 atom stereocenters. The summed E-state index contributed by atoms with van der Waals surface area (Å²) in [6.45, 7) is 3.62. The molecule has 3 rings (SSSR count). The fourth-order valence-corrected chi connectivity index (χ4v) is 4.40. The molecule has 0 aromatic carbocycles. The molecule has 2 saturated carbocycles. The van der Waals surface area contributed by atoms with Crippen molar-refractivity contribution in [1.29, 1.82) is 0 Å². The minimum atomic E-state index is 0.419. The van der Waals surface area contributed by atoms with Gasteiger partial charge in [-0.25, -0.2) is 0 Å². The Morgan fingerprint density at radius 3 is 1.94 bits per heavy atom. The van der Waals surface area contributed by atoms with E-state index in [2.05, 4.69) is 4.90 Å². The molecule has 0 amide bonds. The monoisotopic (exact) mass is 222 g/mol. The van der Waals surface area contributed by atoms with Gasteiger partial charge in [0, 0.05) is 25.2 Å². The van der Waals surface area contributed by atoms with E-state index in [1.165, 1.54) is 70.9 Å². The summed E-state index contributed by atoms with van der Waals surface area (Å²) < 4.78 is 0. The summed E-state index contributed by atoms with van der Waals surface area (Å²) in [5, 5.41) is 0. The zero-order valence-electron chi connectivity index (χ0n) is 10.5. The van der Waals surface area contributed by atoms with Gasteiger partial charge in [0.15, 0.2) is 0 Å². The number of hydrogen-bond acceptors (Lipinski definition) is 2. The molecule has 16 heavy (non-hydrogen) atoms. The Kier molecular flexibility index (Phi) is 2.75. The van der Waals surface area contributed by atoms with E-state index in [1.807, 2.05) is 0 Å². The highest BCUT2D eigenvalue weighted by atomic mass is 15.3. The average molecular weight is 222 g/mol. The largest absolute Gasteiger partial charge is 0.329 e. The van der Waals surface area contributed by atoms with Crippen LogP contribution in [0.15, 0.2) is 0 Å². The van der Waals surface area contributed by atoms with Crippen LogP contribution in [0.25, 0.3) is 0 Å². The van der Waals surface area contributed by atoms with Crippen molar-refractivity contribution in [2.24, 2.45) is 11.1 Å². The third kappa shape index (κ3) is 1.62. The van der Waals surface area contributed by atoms with Crippen LogP contribution in [-0.2, 0) is 0 Å². The van der Waals surface area contributed by atoms with Gasteiger partial charge in [-0.05, 0) is 31.1 Å². The fraction of sp³-hybridized carbons (Fsp3) is 1.00. The first kappa shape index (κ1) is 11.0. The van der Waals surface area contributed by atoms with Crippen molar-refractivity contribution in [3.05, 3.63) is 0 Å². The van der Waals surface area contributed by atoms with E-state index in [0.29, 0.717) is 5.54 Å². The molecule has 3 aliphatic rings. The number of likely N-dealkylation sites (tertiary alicyclic amines) is 1. The van der Waals surface area contributed by atoms with Crippen LogP contribution in [-0.4, -0.2) is 30.1 Å². The van der Waals surface area contributed by atoms with E-state index in [-0.39, 0.29) is 0 Å². The maximum atomic E-state index is 6.06. The highest BCUT2D eigenvalue weighted by Crippen LogP contribution is 2.49. The predicted molar refractivity (Wildman–Crippen MR) is 67.3 cm³/mol. The predicted octanol–water partition coefficient (Wildman–Crippen LogP) is 2.52. The molecule has 0 aromatic rings. The molecule has 2 heteroatoms.